The molecule has 0 heterocycles. The maximum absolute atomic E-state index is 10.3. The van der Waals surface area contributed by atoms with Crippen molar-refractivity contribution in [3.8, 4) is 0 Å². The summed E-state index contributed by atoms with van der Waals surface area (Å²) in [6, 6.07) is -0.778. The Morgan fingerprint density at radius 3 is 1.36 bits per heavy atom. The first-order valence-corrected chi connectivity index (χ1v) is 9.68. The van der Waals surface area contributed by atoms with Crippen molar-refractivity contribution in [2.24, 2.45) is 5.73 Å². The summed E-state index contributed by atoms with van der Waals surface area (Å²) in [6.45, 7) is -0.306. The molecule has 0 fully saturated rings. The summed E-state index contributed by atoms with van der Waals surface area (Å²) in [5, 5.41) is 30.6. The summed E-state index contributed by atoms with van der Waals surface area (Å²) in [4.78, 5) is 39.3. The summed E-state index contributed by atoms with van der Waals surface area (Å²) < 4.78 is 34.5. The van der Waals surface area contributed by atoms with Gasteiger partial charge in [-0.1, -0.05) is 7.43 Å². The zero-order chi connectivity index (χ0) is 21.9. The van der Waals surface area contributed by atoms with Crippen LogP contribution in [-0.4, -0.2) is 79.4 Å². The van der Waals surface area contributed by atoms with Crippen LogP contribution in [-0.2, 0) is 19.2 Å². The number of carbonyl (C=O) groups excluding carboxylic acids is 4. The predicted molar refractivity (Wildman–Crippen MR) is 78.3 cm³/mol. The van der Waals surface area contributed by atoms with Crippen molar-refractivity contribution in [1.82, 2.24) is 16.0 Å². The van der Waals surface area contributed by atoms with Crippen LogP contribution in [0.3, 0.4) is 0 Å². The number of halogens is 1. The molecular weight excluding hydrogens is 514 g/mol. The molecule has 0 saturated carbocycles. The van der Waals surface area contributed by atoms with Crippen LogP contribution in [0.15, 0.2) is 0 Å². The molecule has 1 atom stereocenters. The molecule has 0 rings (SSSR count). The zero-order valence-electron chi connectivity index (χ0n) is 15.0. The van der Waals surface area contributed by atoms with Gasteiger partial charge in [0.25, 0.3) is 11.8 Å². The first kappa shape index (κ1) is 41.8. The van der Waals surface area contributed by atoms with Crippen LogP contribution < -0.4 is 85.1 Å². The Bertz CT molecular complexity index is 404. The van der Waals surface area contributed by atoms with Gasteiger partial charge >= 0.3 is 29.6 Å². The summed E-state index contributed by atoms with van der Waals surface area (Å²) >= 11 is -5.94. The fourth-order valence-electron chi connectivity index (χ4n) is 0.456. The number of likely N-dealkylation sites (N-methyl/N-ethyl adjacent to an activating group) is 3. The van der Waals surface area contributed by atoms with E-state index in [2.05, 4.69) is 10.6 Å². The first-order chi connectivity index (χ1) is 11.7. The number of hydrogen-bond donors (Lipinski definition) is 7. The normalized spacial score (nSPS) is 9.57. The molecule has 0 aliphatic heterocycles. The Balaban J connectivity index is -0.0000000570. The molecule has 3 amide bonds. The van der Waals surface area contributed by atoms with E-state index in [4.69, 9.17) is 34.8 Å². The molecule has 0 aromatic heterocycles. The van der Waals surface area contributed by atoms with Crippen LogP contribution in [0.2, 0.25) is 0 Å². The number of aliphatic hydroxyl groups excluding tert-OH is 2. The molecule has 0 aliphatic carbocycles. The van der Waals surface area contributed by atoms with Crippen molar-refractivity contribution in [3.05, 3.63) is 0 Å². The third-order valence-electron chi connectivity index (χ3n) is 1.61. The predicted octanol–water partition coefficient (Wildman–Crippen LogP) is -15.1. The van der Waals surface area contributed by atoms with Crippen molar-refractivity contribution in [1.29, 1.82) is 0 Å². The third kappa shape index (κ3) is 50.0. The second kappa shape index (κ2) is 26.5. The van der Waals surface area contributed by atoms with Crippen LogP contribution >= 0.6 is 0 Å². The maximum Gasteiger partial charge on any atom is 1.00 e. The van der Waals surface area contributed by atoms with Gasteiger partial charge in [-0.3, -0.25) is 32.9 Å². The van der Waals surface area contributed by atoms with Crippen molar-refractivity contribution in [2.45, 2.75) is 19.8 Å². The van der Waals surface area contributed by atoms with Crippen LogP contribution in [0.25, 0.3) is 0 Å². The third-order valence-corrected chi connectivity index (χ3v) is 1.61. The van der Waals surface area contributed by atoms with Crippen molar-refractivity contribution < 1.29 is 97.9 Å². The number of nitrogens with one attached hydrogen (secondary N) is 3. The standard InChI is InChI=1S/C4H10N2O2.C3H7NO3.C3H5NO2.CH4.IO4.Na/c1-6-4(8)3(5)2-7;1-4-2(5)3(6)7;1-4-3(6)2-5;;2-1(3,4)5;/h3,7H,2,5H2,1H3,(H,6,8);3,6-7H,1H3,(H,4,5);2H,1H3,(H,4,6);1H4;;/q;;;;-1;+1/t3-;;;;;/m0...../s1. The van der Waals surface area contributed by atoms with Crippen molar-refractivity contribution in [3.63, 3.8) is 0 Å². The van der Waals surface area contributed by atoms with E-state index in [-0.39, 0.29) is 55.8 Å². The molecule has 0 saturated heterocycles. The Morgan fingerprint density at radius 1 is 1.00 bits per heavy atom. The Kier molecular flexibility index (Phi) is 39.5. The van der Waals surface area contributed by atoms with Gasteiger partial charge in [0, 0.05) is 21.1 Å². The number of carbonyl (C=O) groups is 4. The minimum absolute atomic E-state index is 0. The van der Waals surface area contributed by atoms with Gasteiger partial charge in [-0.25, -0.2) is 0 Å². The smallest absolute Gasteiger partial charge is 0.394 e. The van der Waals surface area contributed by atoms with Gasteiger partial charge < -0.3 is 37.0 Å². The van der Waals surface area contributed by atoms with E-state index < -0.39 is 44.2 Å². The summed E-state index contributed by atoms with van der Waals surface area (Å²) in [5.41, 5.74) is 5.06. The Hall–Kier alpha value is -0.510. The quantitative estimate of drug-likeness (QED) is 0.0575. The Morgan fingerprint density at radius 2 is 1.32 bits per heavy atom. The molecule has 0 aromatic carbocycles. The minimum atomic E-state index is -5.94. The number of amides is 3. The average molecular weight is 540 g/mol. The summed E-state index contributed by atoms with van der Waals surface area (Å²) in [5.74, 6) is -1.72. The molecular formula is C11H26IN4NaO11. The molecule has 164 valence electrons. The molecule has 0 spiro atoms. The fraction of sp³-hybridized carbons (Fsp3) is 0.636. The van der Waals surface area contributed by atoms with E-state index >= 15 is 0 Å². The first-order valence-electron chi connectivity index (χ1n) is 6.16. The molecule has 15 nitrogen and oxygen atoms in total. The number of rotatable bonds is 4. The van der Waals surface area contributed by atoms with Crippen molar-refractivity contribution >= 4 is 24.0 Å². The molecule has 0 aromatic rings. The van der Waals surface area contributed by atoms with Gasteiger partial charge in [0.1, 0.15) is 26.1 Å². The zero-order valence-corrected chi connectivity index (χ0v) is 19.2. The number of nitrogens with two attached hydrogens (primary N) is 1. The van der Waals surface area contributed by atoms with Crippen LogP contribution in [0.4, 0.5) is 0 Å². The molecule has 0 bridgehead atoms. The average Bonchev–Trinajstić information content (AvgIpc) is 2.58. The van der Waals surface area contributed by atoms with E-state index in [0.717, 1.165) is 0 Å². The Labute approximate surface area is 190 Å². The van der Waals surface area contributed by atoms with Crippen molar-refractivity contribution in [2.75, 3.05) is 27.7 Å². The van der Waals surface area contributed by atoms with Gasteiger partial charge in [-0.2, -0.15) is 0 Å². The van der Waals surface area contributed by atoms with Gasteiger partial charge in [-0.15, -0.1) is 0 Å². The number of aliphatic hydroxyl groups is 3. The van der Waals surface area contributed by atoms with E-state index in [9.17, 15) is 19.2 Å². The van der Waals surface area contributed by atoms with E-state index in [1.807, 2.05) is 5.32 Å². The van der Waals surface area contributed by atoms with Gasteiger partial charge in [0.2, 0.25) is 18.5 Å². The topological polar surface area (TPSA) is 283 Å². The van der Waals surface area contributed by atoms with Crippen LogP contribution in [0.5, 0.6) is 0 Å². The van der Waals surface area contributed by atoms with E-state index in [1.165, 1.54) is 21.1 Å². The van der Waals surface area contributed by atoms with E-state index in [0.29, 0.717) is 0 Å². The second-order valence-corrected chi connectivity index (χ2v) is 5.66. The molecule has 0 aliphatic rings. The molecule has 8 N–H and O–H groups in total. The molecule has 17 heteroatoms. The minimum Gasteiger partial charge on any atom is -0.394 e. The van der Waals surface area contributed by atoms with Crippen LogP contribution in [0.1, 0.15) is 7.43 Å². The van der Waals surface area contributed by atoms with Crippen LogP contribution in [0, 0.1) is 0 Å². The largest absolute Gasteiger partial charge is 1.00 e. The second-order valence-electron chi connectivity index (χ2n) is 3.50. The van der Waals surface area contributed by atoms with E-state index in [1.54, 1.807) is 0 Å². The summed E-state index contributed by atoms with van der Waals surface area (Å²) in [6.07, 6.45) is -1.66. The maximum atomic E-state index is 10.3. The van der Waals surface area contributed by atoms with Gasteiger partial charge in [-0.05, 0) is 0 Å². The van der Waals surface area contributed by atoms with Gasteiger partial charge in [0.05, 0.1) is 6.61 Å². The number of hydrogen-bond acceptors (Lipinski definition) is 12. The molecule has 0 radical (unpaired) electrons. The number of aldehydes is 1. The molecule has 28 heavy (non-hydrogen) atoms. The molecule has 0 unspecified atom stereocenters. The monoisotopic (exact) mass is 540 g/mol. The summed E-state index contributed by atoms with van der Waals surface area (Å²) in [7, 11) is 4.19. The van der Waals surface area contributed by atoms with Gasteiger partial charge in [0.15, 0.2) is 0 Å². The fourth-order valence-corrected chi connectivity index (χ4v) is 0.456. The SMILES string of the molecule is C.CNC(=O)C(O)O.CNC(=O)C=O.CNC(=O)[C@@H](N)CO.[Na+].[O-][I+3]([O-])([O-])[O-].